The Labute approximate surface area is 129 Å². The number of aromatic nitrogens is 2. The Bertz CT molecular complexity index is 685. The van der Waals surface area contributed by atoms with E-state index in [4.69, 9.17) is 0 Å². The smallest absolute Gasteiger partial charge is 0.281 e. The summed E-state index contributed by atoms with van der Waals surface area (Å²) in [7, 11) is 0. The summed E-state index contributed by atoms with van der Waals surface area (Å²) < 4.78 is 0. The van der Waals surface area contributed by atoms with Crippen LogP contribution in [-0.4, -0.2) is 22.3 Å². The molecule has 0 fully saturated rings. The second kappa shape index (κ2) is 6.56. The number of benzene rings is 1. The van der Waals surface area contributed by atoms with Crippen LogP contribution in [0.1, 0.15) is 52.6 Å². The molecule has 2 N–H and O–H groups in total. The average Bonchev–Trinajstić information content (AvgIpc) is 2.99. The van der Waals surface area contributed by atoms with Crippen molar-refractivity contribution in [3.63, 3.8) is 0 Å². The van der Waals surface area contributed by atoms with Crippen molar-refractivity contribution >= 4 is 12.1 Å². The van der Waals surface area contributed by atoms with Crippen LogP contribution in [0.15, 0.2) is 29.4 Å². The lowest BCUT2D eigenvalue weighted by atomic mass is 9.96. The summed E-state index contributed by atoms with van der Waals surface area (Å²) >= 11 is 0. The minimum absolute atomic E-state index is 0.249. The lowest BCUT2D eigenvalue weighted by Gasteiger charge is -2.10. The fourth-order valence-electron chi connectivity index (χ4n) is 2.73. The van der Waals surface area contributed by atoms with Crippen molar-refractivity contribution < 1.29 is 4.79 Å². The van der Waals surface area contributed by atoms with E-state index in [1.807, 2.05) is 12.1 Å². The number of fused-ring (bicyclic) bond motifs is 1. The highest BCUT2D eigenvalue weighted by molar-refractivity contribution is 5.94. The summed E-state index contributed by atoms with van der Waals surface area (Å²) in [5.41, 5.74) is 7.42. The average molecular weight is 296 g/mol. The van der Waals surface area contributed by atoms with Crippen molar-refractivity contribution in [3.8, 4) is 0 Å². The number of carbonyl (C=O) groups excluding carboxylic acids is 1. The number of H-pyrrole nitrogens is 1. The van der Waals surface area contributed by atoms with Crippen LogP contribution in [0.4, 0.5) is 0 Å². The number of hydrogen-bond acceptors (Lipinski definition) is 3. The number of rotatable bonds is 4. The number of hydrazone groups is 1. The second-order valence-electron chi connectivity index (χ2n) is 5.53. The first-order valence-electron chi connectivity index (χ1n) is 7.76. The third kappa shape index (κ3) is 3.08. The predicted molar refractivity (Wildman–Crippen MR) is 86.1 cm³/mol. The summed E-state index contributed by atoms with van der Waals surface area (Å²) in [6.45, 7) is 2.12. The van der Waals surface area contributed by atoms with Crippen molar-refractivity contribution in [3.05, 3.63) is 52.3 Å². The molecule has 0 saturated heterocycles. The van der Waals surface area contributed by atoms with Crippen LogP contribution < -0.4 is 5.43 Å². The van der Waals surface area contributed by atoms with Crippen LogP contribution >= 0.6 is 0 Å². The van der Waals surface area contributed by atoms with E-state index in [-0.39, 0.29) is 5.91 Å². The molecule has 1 heterocycles. The van der Waals surface area contributed by atoms with E-state index in [0.29, 0.717) is 5.69 Å². The van der Waals surface area contributed by atoms with E-state index >= 15 is 0 Å². The van der Waals surface area contributed by atoms with Crippen LogP contribution in [0.2, 0.25) is 0 Å². The van der Waals surface area contributed by atoms with Crippen LogP contribution in [0.5, 0.6) is 0 Å². The molecule has 0 atom stereocenters. The first kappa shape index (κ1) is 14.5. The Morgan fingerprint density at radius 1 is 1.32 bits per heavy atom. The van der Waals surface area contributed by atoms with Gasteiger partial charge in [0, 0.05) is 11.3 Å². The molecule has 22 heavy (non-hydrogen) atoms. The van der Waals surface area contributed by atoms with Crippen molar-refractivity contribution in [1.82, 2.24) is 15.6 Å². The van der Waals surface area contributed by atoms with E-state index in [2.05, 4.69) is 39.8 Å². The Morgan fingerprint density at radius 2 is 2.09 bits per heavy atom. The molecule has 1 aliphatic carbocycles. The standard InChI is InChI=1S/C17H20N4O/c1-2-12-7-9-13(10-8-12)11-18-21-17(22)16-14-5-3-4-6-15(14)19-20-16/h7-11H,2-6H2,1H3,(H,19,20)(H,21,22). The number of nitrogens with zero attached hydrogens (tertiary/aromatic N) is 2. The molecule has 3 rings (SSSR count). The van der Waals surface area contributed by atoms with Crippen LogP contribution in [-0.2, 0) is 19.3 Å². The molecule has 0 saturated carbocycles. The van der Waals surface area contributed by atoms with Gasteiger partial charge in [0.05, 0.1) is 6.21 Å². The second-order valence-corrected chi connectivity index (χ2v) is 5.53. The summed E-state index contributed by atoms with van der Waals surface area (Å²) in [5.74, 6) is -0.249. The quantitative estimate of drug-likeness (QED) is 0.672. The maximum absolute atomic E-state index is 12.2. The van der Waals surface area contributed by atoms with Gasteiger partial charge < -0.3 is 0 Å². The highest BCUT2D eigenvalue weighted by Gasteiger charge is 2.21. The molecule has 0 unspecified atom stereocenters. The summed E-state index contributed by atoms with van der Waals surface area (Å²) in [6.07, 6.45) is 6.82. The van der Waals surface area contributed by atoms with Crippen LogP contribution in [0, 0.1) is 0 Å². The molecule has 0 radical (unpaired) electrons. The van der Waals surface area contributed by atoms with E-state index in [1.165, 1.54) is 5.56 Å². The van der Waals surface area contributed by atoms with Crippen LogP contribution in [0.25, 0.3) is 0 Å². The van der Waals surface area contributed by atoms with Crippen molar-refractivity contribution in [2.45, 2.75) is 39.0 Å². The lowest BCUT2D eigenvalue weighted by Crippen LogP contribution is -2.20. The van der Waals surface area contributed by atoms with Gasteiger partial charge >= 0.3 is 0 Å². The number of hydrogen-bond donors (Lipinski definition) is 2. The lowest BCUT2D eigenvalue weighted by molar-refractivity contribution is 0.0949. The third-order valence-electron chi connectivity index (χ3n) is 4.04. The molecule has 1 amide bonds. The molecule has 1 aromatic carbocycles. The predicted octanol–water partition coefficient (Wildman–Crippen LogP) is 2.61. The molecule has 1 aromatic heterocycles. The molecule has 5 heteroatoms. The van der Waals surface area contributed by atoms with Gasteiger partial charge in [-0.05, 0) is 43.2 Å². The highest BCUT2D eigenvalue weighted by Crippen LogP contribution is 2.21. The fourth-order valence-corrected chi connectivity index (χ4v) is 2.73. The maximum Gasteiger partial charge on any atom is 0.292 e. The van der Waals surface area contributed by atoms with Crippen molar-refractivity contribution in [2.24, 2.45) is 5.10 Å². The van der Waals surface area contributed by atoms with E-state index in [9.17, 15) is 4.79 Å². The largest absolute Gasteiger partial charge is 0.292 e. The Morgan fingerprint density at radius 3 is 2.86 bits per heavy atom. The first-order valence-corrected chi connectivity index (χ1v) is 7.76. The zero-order valence-corrected chi connectivity index (χ0v) is 12.7. The first-order chi connectivity index (χ1) is 10.8. The minimum Gasteiger partial charge on any atom is -0.281 e. The monoisotopic (exact) mass is 296 g/mol. The molecular weight excluding hydrogens is 276 g/mol. The SMILES string of the molecule is CCc1ccc(C=NNC(=O)c2n[nH]c3c2CCCC3)cc1. The summed E-state index contributed by atoms with van der Waals surface area (Å²) in [5, 5.41) is 11.1. The van der Waals surface area contributed by atoms with Gasteiger partial charge in [-0.15, -0.1) is 0 Å². The van der Waals surface area contributed by atoms with E-state index in [1.54, 1.807) is 6.21 Å². The fraction of sp³-hybridized carbons (Fsp3) is 0.353. The normalized spacial score (nSPS) is 14.0. The van der Waals surface area contributed by atoms with Gasteiger partial charge in [-0.3, -0.25) is 9.89 Å². The molecular formula is C17H20N4O. The summed E-state index contributed by atoms with van der Waals surface area (Å²) in [4.78, 5) is 12.2. The van der Waals surface area contributed by atoms with Gasteiger partial charge in [-0.25, -0.2) is 5.43 Å². The Hall–Kier alpha value is -2.43. The maximum atomic E-state index is 12.2. The summed E-state index contributed by atoms with van der Waals surface area (Å²) in [6, 6.07) is 8.11. The number of aromatic amines is 1. The van der Waals surface area contributed by atoms with Gasteiger partial charge in [0.15, 0.2) is 5.69 Å². The van der Waals surface area contributed by atoms with Gasteiger partial charge in [0.1, 0.15) is 0 Å². The third-order valence-corrected chi connectivity index (χ3v) is 4.04. The number of amides is 1. The van der Waals surface area contributed by atoms with E-state index in [0.717, 1.165) is 48.9 Å². The molecule has 1 aliphatic rings. The minimum atomic E-state index is -0.249. The number of nitrogens with one attached hydrogen (secondary N) is 2. The van der Waals surface area contributed by atoms with Gasteiger partial charge in [0.2, 0.25) is 0 Å². The molecule has 0 aliphatic heterocycles. The number of aryl methyl sites for hydroxylation is 2. The molecule has 114 valence electrons. The highest BCUT2D eigenvalue weighted by atomic mass is 16.2. The number of carbonyl (C=O) groups is 1. The van der Waals surface area contributed by atoms with Crippen LogP contribution in [0.3, 0.4) is 0 Å². The van der Waals surface area contributed by atoms with Gasteiger partial charge in [-0.2, -0.15) is 10.2 Å². The topological polar surface area (TPSA) is 70.1 Å². The van der Waals surface area contributed by atoms with Gasteiger partial charge in [0.25, 0.3) is 5.91 Å². The Kier molecular flexibility index (Phi) is 4.32. The molecule has 2 aromatic rings. The molecule has 0 spiro atoms. The zero-order valence-electron chi connectivity index (χ0n) is 12.7. The zero-order chi connectivity index (χ0) is 15.4. The Balaban J connectivity index is 1.64. The molecule has 5 nitrogen and oxygen atoms in total. The van der Waals surface area contributed by atoms with Crippen molar-refractivity contribution in [1.29, 1.82) is 0 Å². The van der Waals surface area contributed by atoms with Gasteiger partial charge in [-0.1, -0.05) is 31.2 Å². The van der Waals surface area contributed by atoms with E-state index < -0.39 is 0 Å². The van der Waals surface area contributed by atoms with Crippen molar-refractivity contribution in [2.75, 3.05) is 0 Å². The molecule has 0 bridgehead atoms.